The number of amides is 1. The number of aromatic nitrogens is 6. The number of rotatable bonds is 5. The van der Waals surface area contributed by atoms with Crippen LogP contribution in [0, 0.1) is 0 Å². The van der Waals surface area contributed by atoms with Gasteiger partial charge in [-0.1, -0.05) is 50.2 Å². The van der Waals surface area contributed by atoms with Crippen LogP contribution in [0.3, 0.4) is 0 Å². The van der Waals surface area contributed by atoms with Crippen LogP contribution >= 0.6 is 0 Å². The van der Waals surface area contributed by atoms with Gasteiger partial charge in [0.1, 0.15) is 5.76 Å². The van der Waals surface area contributed by atoms with Gasteiger partial charge in [0.25, 0.3) is 0 Å². The topological polar surface area (TPSA) is 103 Å². The lowest BCUT2D eigenvalue weighted by Gasteiger charge is -2.12. The predicted molar refractivity (Wildman–Crippen MR) is 128 cm³/mol. The summed E-state index contributed by atoms with van der Waals surface area (Å²) in [5, 5.41) is 15.4. The molecule has 5 aromatic rings. The molecule has 0 aliphatic rings. The molecule has 0 aliphatic heterocycles. The van der Waals surface area contributed by atoms with Crippen molar-refractivity contribution in [2.75, 3.05) is 5.32 Å². The molecule has 0 spiro atoms. The van der Waals surface area contributed by atoms with Gasteiger partial charge in [-0.2, -0.15) is 10.2 Å². The number of benzene rings is 1. The van der Waals surface area contributed by atoms with Crippen LogP contribution in [0.5, 0.6) is 0 Å². The Kier molecular flexibility index (Phi) is 5.24. The molecule has 0 fully saturated rings. The number of nitrogens with one attached hydrogen (secondary N) is 1. The third-order valence-electron chi connectivity index (χ3n) is 5.54. The Bertz CT molecular complexity index is 1470. The summed E-state index contributed by atoms with van der Waals surface area (Å²) in [5.41, 5.74) is 5.32. The highest BCUT2D eigenvalue weighted by atomic mass is 16.5. The fourth-order valence-corrected chi connectivity index (χ4v) is 3.66. The maximum atomic E-state index is 12.5. The molecule has 5 rings (SSSR count). The molecule has 9 nitrogen and oxygen atoms in total. The number of hydrogen-bond acceptors (Lipinski definition) is 6. The van der Waals surface area contributed by atoms with E-state index in [0.29, 0.717) is 5.82 Å². The van der Waals surface area contributed by atoms with Crippen LogP contribution in [0.15, 0.2) is 65.8 Å². The summed E-state index contributed by atoms with van der Waals surface area (Å²) in [6.45, 7) is 6.08. The van der Waals surface area contributed by atoms with Crippen molar-refractivity contribution in [3.05, 3.63) is 72.6 Å². The Balaban J connectivity index is 1.29. The van der Waals surface area contributed by atoms with Gasteiger partial charge in [-0.05, 0) is 11.1 Å². The second-order valence-electron chi connectivity index (χ2n) is 9.32. The van der Waals surface area contributed by atoms with E-state index in [0.717, 1.165) is 39.2 Å². The van der Waals surface area contributed by atoms with Crippen molar-refractivity contribution < 1.29 is 9.32 Å². The summed E-state index contributed by atoms with van der Waals surface area (Å²) in [4.78, 5) is 17.1. The zero-order valence-electron chi connectivity index (χ0n) is 19.5. The van der Waals surface area contributed by atoms with E-state index in [9.17, 15) is 4.79 Å². The van der Waals surface area contributed by atoms with Crippen molar-refractivity contribution >= 4 is 17.4 Å². The standard InChI is InChI=1S/C25H25N7O2/c1-25(2,3)21-10-22(30-34-21)29-23(33)9-16-5-7-17(8-6-16)20-13-28-32-15-18(11-26-24(20)32)19-12-27-31(4)14-19/h5-8,10-15H,9H2,1-4H3,(H,29,30,33). The molecular formula is C25H25N7O2. The van der Waals surface area contributed by atoms with E-state index in [1.54, 1.807) is 27.7 Å². The predicted octanol–water partition coefficient (Wildman–Crippen LogP) is 4.26. The minimum atomic E-state index is -0.168. The highest BCUT2D eigenvalue weighted by Gasteiger charge is 2.20. The van der Waals surface area contributed by atoms with Gasteiger partial charge in [0.05, 0.1) is 18.8 Å². The summed E-state index contributed by atoms with van der Waals surface area (Å²) in [7, 11) is 1.88. The number of fused-ring (bicyclic) bond motifs is 1. The smallest absolute Gasteiger partial charge is 0.230 e. The third kappa shape index (κ3) is 4.32. The summed E-state index contributed by atoms with van der Waals surface area (Å²) >= 11 is 0. The van der Waals surface area contributed by atoms with Gasteiger partial charge in [0.15, 0.2) is 11.5 Å². The Morgan fingerprint density at radius 3 is 2.44 bits per heavy atom. The molecule has 0 saturated carbocycles. The summed E-state index contributed by atoms with van der Waals surface area (Å²) in [5.74, 6) is 0.999. The van der Waals surface area contributed by atoms with Crippen LogP contribution in [0.2, 0.25) is 0 Å². The van der Waals surface area contributed by atoms with Crippen molar-refractivity contribution in [2.45, 2.75) is 32.6 Å². The van der Waals surface area contributed by atoms with E-state index in [1.807, 2.05) is 70.7 Å². The van der Waals surface area contributed by atoms with Gasteiger partial charge < -0.3 is 9.84 Å². The molecule has 4 aromatic heterocycles. The number of carbonyl (C=O) groups is 1. The number of aryl methyl sites for hydroxylation is 1. The number of carbonyl (C=O) groups excluding carboxylic acids is 1. The fourth-order valence-electron chi connectivity index (χ4n) is 3.66. The molecule has 1 amide bonds. The Labute approximate surface area is 196 Å². The van der Waals surface area contributed by atoms with Gasteiger partial charge >= 0.3 is 0 Å². The molecule has 0 aliphatic carbocycles. The molecule has 0 bridgehead atoms. The summed E-state index contributed by atoms with van der Waals surface area (Å²) in [6, 6.07) is 9.59. The average molecular weight is 456 g/mol. The molecule has 34 heavy (non-hydrogen) atoms. The number of anilines is 1. The zero-order valence-corrected chi connectivity index (χ0v) is 19.5. The van der Waals surface area contributed by atoms with Gasteiger partial charge in [-0.15, -0.1) is 0 Å². The van der Waals surface area contributed by atoms with Crippen LogP contribution in [0.4, 0.5) is 5.82 Å². The van der Waals surface area contributed by atoms with Crippen molar-refractivity contribution in [1.29, 1.82) is 0 Å². The third-order valence-corrected chi connectivity index (χ3v) is 5.54. The molecule has 4 heterocycles. The minimum Gasteiger partial charge on any atom is -0.359 e. The minimum absolute atomic E-state index is 0.151. The molecule has 9 heteroatoms. The average Bonchev–Trinajstić information content (AvgIpc) is 3.53. The van der Waals surface area contributed by atoms with Gasteiger partial charge in [-0.3, -0.25) is 9.48 Å². The first-order valence-corrected chi connectivity index (χ1v) is 10.9. The van der Waals surface area contributed by atoms with E-state index >= 15 is 0 Å². The van der Waals surface area contributed by atoms with E-state index in [1.165, 1.54) is 0 Å². The lowest BCUT2D eigenvalue weighted by Crippen LogP contribution is -2.14. The largest absolute Gasteiger partial charge is 0.359 e. The number of hydrogen-bond donors (Lipinski definition) is 1. The zero-order chi connectivity index (χ0) is 23.9. The van der Waals surface area contributed by atoms with Crippen LogP contribution in [0.25, 0.3) is 27.9 Å². The first kappa shape index (κ1) is 21.6. The molecule has 1 N–H and O–H groups in total. The second-order valence-corrected chi connectivity index (χ2v) is 9.32. The normalized spacial score (nSPS) is 11.8. The molecule has 1 aromatic carbocycles. The highest BCUT2D eigenvalue weighted by Crippen LogP contribution is 2.27. The van der Waals surface area contributed by atoms with E-state index in [2.05, 4.69) is 25.7 Å². The molecule has 0 radical (unpaired) electrons. The van der Waals surface area contributed by atoms with Crippen LogP contribution in [-0.2, 0) is 23.7 Å². The lowest BCUT2D eigenvalue weighted by atomic mass is 9.93. The van der Waals surface area contributed by atoms with Gasteiger partial charge in [-0.25, -0.2) is 9.50 Å². The summed E-state index contributed by atoms with van der Waals surface area (Å²) in [6.07, 6.45) is 9.54. The first-order valence-electron chi connectivity index (χ1n) is 10.9. The second kappa shape index (κ2) is 8.26. The molecule has 0 saturated heterocycles. The van der Waals surface area contributed by atoms with E-state index < -0.39 is 0 Å². The Morgan fingerprint density at radius 1 is 1.00 bits per heavy atom. The maximum absolute atomic E-state index is 12.5. The van der Waals surface area contributed by atoms with Gasteiger partial charge in [0.2, 0.25) is 5.91 Å². The van der Waals surface area contributed by atoms with Crippen LogP contribution < -0.4 is 5.32 Å². The van der Waals surface area contributed by atoms with Crippen molar-refractivity contribution in [2.24, 2.45) is 7.05 Å². The van der Waals surface area contributed by atoms with Crippen molar-refractivity contribution in [3.63, 3.8) is 0 Å². The Morgan fingerprint density at radius 2 is 1.76 bits per heavy atom. The van der Waals surface area contributed by atoms with Crippen LogP contribution in [0.1, 0.15) is 32.1 Å². The summed E-state index contributed by atoms with van der Waals surface area (Å²) < 4.78 is 8.84. The van der Waals surface area contributed by atoms with Crippen molar-refractivity contribution in [1.82, 2.24) is 29.5 Å². The highest BCUT2D eigenvalue weighted by molar-refractivity contribution is 5.91. The molecule has 172 valence electrons. The molecule has 0 atom stereocenters. The first-order chi connectivity index (χ1) is 16.3. The lowest BCUT2D eigenvalue weighted by molar-refractivity contribution is -0.115. The monoisotopic (exact) mass is 455 g/mol. The van der Waals surface area contributed by atoms with Crippen LogP contribution in [-0.4, -0.2) is 35.4 Å². The van der Waals surface area contributed by atoms with E-state index in [4.69, 9.17) is 4.52 Å². The quantitative estimate of drug-likeness (QED) is 0.425. The van der Waals surface area contributed by atoms with E-state index in [-0.39, 0.29) is 17.7 Å². The van der Waals surface area contributed by atoms with Gasteiger partial charge in [0, 0.05) is 53.8 Å². The fraction of sp³-hybridized carbons (Fsp3) is 0.240. The molecular weight excluding hydrogens is 430 g/mol. The molecule has 0 unspecified atom stereocenters. The van der Waals surface area contributed by atoms with Crippen molar-refractivity contribution in [3.8, 4) is 22.3 Å². The number of nitrogens with zero attached hydrogens (tertiary/aromatic N) is 6. The Hall–Kier alpha value is -4.27. The maximum Gasteiger partial charge on any atom is 0.230 e. The SMILES string of the molecule is Cn1cc(-c2cnc3c(-c4ccc(CC(=O)Nc5cc(C(C)(C)C)on5)cc4)cnn3c2)cn1.